The molecule has 0 amide bonds. The number of aryl methyl sites for hydroxylation is 1. The summed E-state index contributed by atoms with van der Waals surface area (Å²) >= 11 is 0. The average molecular weight is 520 g/mol. The summed E-state index contributed by atoms with van der Waals surface area (Å²) in [5.74, 6) is 0.177. The maximum Gasteiger partial charge on any atom is 0.573 e. The summed E-state index contributed by atoms with van der Waals surface area (Å²) in [5.41, 5.74) is -2.00. The molecule has 0 atom stereocenters. The molecule has 0 aliphatic rings. The van der Waals surface area contributed by atoms with Crippen LogP contribution in [0, 0.1) is 6.92 Å². The van der Waals surface area contributed by atoms with Gasteiger partial charge in [-0.25, -0.2) is 9.97 Å². The summed E-state index contributed by atoms with van der Waals surface area (Å²) < 4.78 is 90.0. The molecule has 0 fully saturated rings. The Morgan fingerprint density at radius 2 is 1.60 bits per heavy atom. The molecule has 0 saturated heterocycles. The van der Waals surface area contributed by atoms with E-state index in [0.29, 0.717) is 11.7 Å². The summed E-state index contributed by atoms with van der Waals surface area (Å²) in [5, 5.41) is 0. The SMILES string of the molecule is Cc1oc(C(C)(C)C)nc1-c1nc2c(C(F)(F)F)cc(-c3ccccc3OC(F)(F)F)cc2[nH]1.Cl. The molecule has 188 valence electrons. The average Bonchev–Trinajstić information content (AvgIpc) is 3.28. The van der Waals surface area contributed by atoms with Gasteiger partial charge in [0.15, 0.2) is 11.7 Å². The smallest absolute Gasteiger partial charge is 0.445 e. The van der Waals surface area contributed by atoms with Crippen molar-refractivity contribution in [2.45, 2.75) is 45.6 Å². The monoisotopic (exact) mass is 519 g/mol. The molecule has 0 saturated carbocycles. The number of oxazole rings is 1. The first-order valence-electron chi connectivity index (χ1n) is 10.1. The van der Waals surface area contributed by atoms with Crippen LogP contribution in [0.5, 0.6) is 5.75 Å². The lowest BCUT2D eigenvalue weighted by Crippen LogP contribution is -2.17. The number of aromatic nitrogens is 3. The fourth-order valence-corrected chi connectivity index (χ4v) is 3.46. The fraction of sp³-hybridized carbons (Fsp3) is 0.304. The number of aromatic amines is 1. The number of nitrogens with zero attached hydrogens (tertiary/aromatic N) is 2. The van der Waals surface area contributed by atoms with E-state index < -0.39 is 29.3 Å². The number of halogens is 7. The van der Waals surface area contributed by atoms with Crippen molar-refractivity contribution in [1.29, 1.82) is 0 Å². The molecule has 1 N–H and O–H groups in total. The van der Waals surface area contributed by atoms with Crippen molar-refractivity contribution in [2.75, 3.05) is 0 Å². The molecule has 2 heterocycles. The first-order valence-corrected chi connectivity index (χ1v) is 10.1. The predicted octanol–water partition coefficient (Wildman–Crippen LogP) is 7.83. The Hall–Kier alpha value is -3.21. The second-order valence-corrected chi connectivity index (χ2v) is 8.72. The van der Waals surface area contributed by atoms with Crippen molar-refractivity contribution in [1.82, 2.24) is 15.0 Å². The number of fused-ring (bicyclic) bond motifs is 1. The Morgan fingerprint density at radius 3 is 2.17 bits per heavy atom. The number of rotatable bonds is 3. The number of benzene rings is 2. The van der Waals surface area contributed by atoms with Crippen LogP contribution in [-0.2, 0) is 11.6 Å². The molecular weight excluding hydrogens is 500 g/mol. The first-order chi connectivity index (χ1) is 15.6. The van der Waals surface area contributed by atoms with Gasteiger partial charge in [-0.2, -0.15) is 13.2 Å². The lowest BCUT2D eigenvalue weighted by Gasteiger charge is -2.15. The van der Waals surface area contributed by atoms with Crippen molar-refractivity contribution >= 4 is 23.4 Å². The number of para-hydroxylation sites is 1. The second kappa shape index (κ2) is 8.78. The fourth-order valence-electron chi connectivity index (χ4n) is 3.46. The van der Waals surface area contributed by atoms with Crippen molar-refractivity contribution < 1.29 is 35.5 Å². The van der Waals surface area contributed by atoms with Gasteiger partial charge in [0.1, 0.15) is 22.7 Å². The molecule has 0 bridgehead atoms. The minimum atomic E-state index is -5.01. The highest BCUT2D eigenvalue weighted by molar-refractivity contribution is 5.89. The summed E-state index contributed by atoms with van der Waals surface area (Å²) in [6, 6.07) is 7.02. The second-order valence-electron chi connectivity index (χ2n) is 8.72. The highest BCUT2D eigenvalue weighted by atomic mass is 35.5. The molecule has 4 rings (SSSR count). The van der Waals surface area contributed by atoms with Gasteiger partial charge >= 0.3 is 12.5 Å². The van der Waals surface area contributed by atoms with E-state index >= 15 is 0 Å². The summed E-state index contributed by atoms with van der Waals surface area (Å²) in [4.78, 5) is 11.3. The highest BCUT2D eigenvalue weighted by Gasteiger charge is 2.36. The number of alkyl halides is 6. The van der Waals surface area contributed by atoms with Crippen LogP contribution in [0.25, 0.3) is 33.7 Å². The third kappa shape index (κ3) is 5.39. The van der Waals surface area contributed by atoms with Crippen molar-refractivity contribution in [2.24, 2.45) is 0 Å². The van der Waals surface area contributed by atoms with Gasteiger partial charge in [0.05, 0.1) is 11.1 Å². The van der Waals surface area contributed by atoms with E-state index in [9.17, 15) is 26.3 Å². The van der Waals surface area contributed by atoms with E-state index in [1.807, 2.05) is 20.8 Å². The first kappa shape index (κ1) is 26.4. The highest BCUT2D eigenvalue weighted by Crippen LogP contribution is 2.41. The van der Waals surface area contributed by atoms with Crippen molar-refractivity contribution in [3.05, 3.63) is 53.6 Å². The van der Waals surface area contributed by atoms with E-state index in [-0.39, 0.29) is 46.1 Å². The van der Waals surface area contributed by atoms with Crippen LogP contribution in [0.2, 0.25) is 0 Å². The lowest BCUT2D eigenvalue weighted by molar-refractivity contribution is -0.274. The van der Waals surface area contributed by atoms with E-state index in [1.165, 1.54) is 24.3 Å². The van der Waals surface area contributed by atoms with Crippen LogP contribution in [0.1, 0.15) is 38.0 Å². The van der Waals surface area contributed by atoms with Crippen LogP contribution in [0.3, 0.4) is 0 Å². The third-order valence-corrected chi connectivity index (χ3v) is 4.98. The van der Waals surface area contributed by atoms with Gasteiger partial charge in [-0.15, -0.1) is 25.6 Å². The van der Waals surface area contributed by atoms with Gasteiger partial charge in [-0.1, -0.05) is 39.0 Å². The van der Waals surface area contributed by atoms with Gasteiger partial charge in [0.2, 0.25) is 0 Å². The molecule has 0 aliphatic carbocycles. The number of nitrogens with one attached hydrogen (secondary N) is 1. The minimum Gasteiger partial charge on any atom is -0.445 e. The molecule has 0 radical (unpaired) electrons. The van der Waals surface area contributed by atoms with Gasteiger partial charge < -0.3 is 14.1 Å². The Labute approximate surface area is 201 Å². The van der Waals surface area contributed by atoms with Gasteiger partial charge in [-0.3, -0.25) is 0 Å². The Morgan fingerprint density at radius 1 is 0.943 bits per heavy atom. The van der Waals surface area contributed by atoms with Gasteiger partial charge in [-0.05, 0) is 30.7 Å². The Balaban J connectivity index is 0.00000342. The molecule has 12 heteroatoms. The van der Waals surface area contributed by atoms with E-state index in [4.69, 9.17) is 4.42 Å². The Bertz CT molecular complexity index is 1370. The molecule has 0 spiro atoms. The number of ether oxygens (including phenoxy) is 1. The normalized spacial score (nSPS) is 12.6. The molecule has 4 aromatic rings. The Kier molecular flexibility index (Phi) is 6.62. The number of H-pyrrole nitrogens is 1. The summed E-state index contributed by atoms with van der Waals surface area (Å²) in [6.45, 7) is 7.23. The molecule has 0 aliphatic heterocycles. The zero-order chi connectivity index (χ0) is 25.1. The van der Waals surface area contributed by atoms with Crippen molar-refractivity contribution in [3.8, 4) is 28.4 Å². The summed E-state index contributed by atoms with van der Waals surface area (Å²) in [7, 11) is 0. The van der Waals surface area contributed by atoms with Gasteiger partial charge in [0.25, 0.3) is 0 Å². The van der Waals surface area contributed by atoms with Crippen LogP contribution >= 0.6 is 12.4 Å². The summed E-state index contributed by atoms with van der Waals surface area (Å²) in [6.07, 6.45) is -9.83. The zero-order valence-corrected chi connectivity index (χ0v) is 19.7. The van der Waals surface area contributed by atoms with Crippen LogP contribution < -0.4 is 4.74 Å². The molecule has 2 aromatic carbocycles. The van der Waals surface area contributed by atoms with Crippen LogP contribution in [0.4, 0.5) is 26.3 Å². The number of hydrogen-bond donors (Lipinski definition) is 1. The number of imidazole rings is 1. The molecule has 5 nitrogen and oxygen atoms in total. The van der Waals surface area contributed by atoms with Crippen LogP contribution in [-0.4, -0.2) is 21.3 Å². The lowest BCUT2D eigenvalue weighted by atomic mass is 9.97. The third-order valence-electron chi connectivity index (χ3n) is 4.98. The zero-order valence-electron chi connectivity index (χ0n) is 18.9. The van der Waals surface area contributed by atoms with Crippen molar-refractivity contribution in [3.63, 3.8) is 0 Å². The standard InChI is InChI=1S/C23H19F6N3O2.ClH/c1-11-17(32-20(33-11)21(2,3)4)19-30-15-10-12(9-14(18(15)31-19)22(24,25)26)13-7-5-6-8-16(13)34-23(27,28)29;/h5-10H,1-4H3,(H,30,31);1H. The molecule has 35 heavy (non-hydrogen) atoms. The molecule has 0 unspecified atom stereocenters. The molecule has 2 aromatic heterocycles. The van der Waals surface area contributed by atoms with E-state index in [2.05, 4.69) is 19.7 Å². The van der Waals surface area contributed by atoms with Crippen LogP contribution in [0.15, 0.2) is 40.8 Å². The molecular formula is C23H20ClF6N3O2. The van der Waals surface area contributed by atoms with E-state index in [0.717, 1.165) is 12.1 Å². The van der Waals surface area contributed by atoms with Gasteiger partial charge in [0, 0.05) is 11.0 Å². The predicted molar refractivity (Wildman–Crippen MR) is 119 cm³/mol. The minimum absolute atomic E-state index is 0. The maximum atomic E-state index is 13.9. The quantitative estimate of drug-likeness (QED) is 0.280. The topological polar surface area (TPSA) is 63.9 Å². The maximum absolute atomic E-state index is 13.9. The van der Waals surface area contributed by atoms with E-state index in [1.54, 1.807) is 6.92 Å². The number of hydrogen-bond acceptors (Lipinski definition) is 4. The largest absolute Gasteiger partial charge is 0.573 e.